The molecule has 0 saturated carbocycles. The van der Waals surface area contributed by atoms with Crippen LogP contribution in [-0.2, 0) is 10.4 Å². The van der Waals surface area contributed by atoms with E-state index < -0.39 is 18.2 Å². The third-order valence-electron chi connectivity index (χ3n) is 3.62. The molecule has 26 heavy (non-hydrogen) atoms. The number of hydrogen-bond acceptors (Lipinski definition) is 3. The minimum absolute atomic E-state index is 0.0856. The van der Waals surface area contributed by atoms with Crippen LogP contribution in [0.5, 0.6) is 0 Å². The number of benzene rings is 2. The molecule has 3 rings (SSSR count). The van der Waals surface area contributed by atoms with E-state index in [4.69, 9.17) is 39.6 Å². The number of halogens is 7. The van der Waals surface area contributed by atoms with Crippen molar-refractivity contribution in [2.45, 2.75) is 23.1 Å². The molecule has 0 spiro atoms. The highest BCUT2D eigenvalue weighted by molar-refractivity contribution is 9.10. The van der Waals surface area contributed by atoms with Gasteiger partial charge in [-0.3, -0.25) is 0 Å². The van der Waals surface area contributed by atoms with Crippen molar-refractivity contribution in [3.63, 3.8) is 0 Å². The molecule has 1 aliphatic rings. The topological polar surface area (TPSA) is 21.6 Å². The molecule has 1 heterocycles. The fraction of sp³-hybridized carbons (Fsp3) is 0.188. The number of thioether (sulfide) groups is 1. The van der Waals surface area contributed by atoms with Crippen LogP contribution in [0, 0.1) is 0 Å². The normalized spacial score (nSPS) is 20.0. The first-order valence-corrected chi connectivity index (χ1v) is 9.76. The molecule has 0 aliphatic carbocycles. The highest BCUT2D eigenvalue weighted by atomic mass is 79.9. The van der Waals surface area contributed by atoms with Gasteiger partial charge in [0.25, 0.3) is 5.60 Å². The van der Waals surface area contributed by atoms with Crippen molar-refractivity contribution in [1.82, 2.24) is 0 Å². The van der Waals surface area contributed by atoms with E-state index >= 15 is 0 Å². The maximum atomic E-state index is 13.9. The minimum Gasteiger partial charge on any atom is -0.373 e. The Morgan fingerprint density at radius 2 is 1.73 bits per heavy atom. The third-order valence-corrected chi connectivity index (χ3v) is 6.21. The Morgan fingerprint density at radius 3 is 2.31 bits per heavy atom. The Kier molecular flexibility index (Phi) is 5.76. The van der Waals surface area contributed by atoms with Gasteiger partial charge in [0.15, 0.2) is 0 Å². The number of hydrogen-bond donors (Lipinski definition) is 0. The molecule has 138 valence electrons. The van der Waals surface area contributed by atoms with Gasteiger partial charge < -0.3 is 4.84 Å². The van der Waals surface area contributed by atoms with Crippen molar-refractivity contribution in [3.8, 4) is 0 Å². The molecular weight excluding hydrogens is 498 g/mol. The first kappa shape index (κ1) is 20.1. The molecule has 2 aromatic rings. The lowest BCUT2D eigenvalue weighted by atomic mass is 9.90. The molecular formula is C16H8BrCl3F3NOS. The average Bonchev–Trinajstić information content (AvgIpc) is 2.95. The fourth-order valence-corrected chi connectivity index (χ4v) is 4.50. The molecule has 1 unspecified atom stereocenters. The van der Waals surface area contributed by atoms with E-state index in [0.29, 0.717) is 14.4 Å². The summed E-state index contributed by atoms with van der Waals surface area (Å²) in [5, 5.41) is 4.51. The van der Waals surface area contributed by atoms with Gasteiger partial charge in [-0.15, -0.1) is 0 Å². The molecule has 0 amide bonds. The van der Waals surface area contributed by atoms with Gasteiger partial charge in [0, 0.05) is 25.0 Å². The van der Waals surface area contributed by atoms with Crippen LogP contribution in [0.15, 0.2) is 50.9 Å². The Hall–Kier alpha value is -0.600. The van der Waals surface area contributed by atoms with Gasteiger partial charge in [-0.25, -0.2) is 0 Å². The zero-order chi connectivity index (χ0) is 19.1. The largest absolute Gasteiger partial charge is 0.435 e. The zero-order valence-corrected chi connectivity index (χ0v) is 17.3. The van der Waals surface area contributed by atoms with Crippen LogP contribution in [-0.4, -0.2) is 11.2 Å². The van der Waals surface area contributed by atoms with Crippen molar-refractivity contribution in [1.29, 1.82) is 0 Å². The molecule has 2 nitrogen and oxygen atoms in total. The molecule has 2 aromatic carbocycles. The highest BCUT2D eigenvalue weighted by Gasteiger charge is 2.62. The molecule has 0 N–H and O–H groups in total. The van der Waals surface area contributed by atoms with Gasteiger partial charge in [-0.2, -0.15) is 13.2 Å². The third kappa shape index (κ3) is 3.97. The van der Waals surface area contributed by atoms with Gasteiger partial charge in [-0.05, 0) is 52.3 Å². The lowest BCUT2D eigenvalue weighted by molar-refractivity contribution is -0.275. The highest BCUT2D eigenvalue weighted by Crippen LogP contribution is 2.50. The van der Waals surface area contributed by atoms with Gasteiger partial charge in [-0.1, -0.05) is 51.7 Å². The van der Waals surface area contributed by atoms with Crippen LogP contribution in [0.2, 0.25) is 15.1 Å². The predicted molar refractivity (Wildman–Crippen MR) is 102 cm³/mol. The molecule has 0 bridgehead atoms. The maximum Gasteiger partial charge on any atom is 0.435 e. The van der Waals surface area contributed by atoms with Gasteiger partial charge >= 0.3 is 6.18 Å². The Balaban J connectivity index is 1.91. The van der Waals surface area contributed by atoms with Crippen molar-refractivity contribution in [2.75, 3.05) is 0 Å². The molecule has 1 aliphatic heterocycles. The SMILES string of the molecule is FC(F)(F)C1(c2cc(Cl)cc(Cl)c2)CC(Sc2ccc(Cl)c(Br)c2)=NO1. The van der Waals surface area contributed by atoms with Crippen molar-refractivity contribution in [3.05, 3.63) is 61.5 Å². The van der Waals surface area contributed by atoms with E-state index in [0.717, 1.165) is 11.8 Å². The summed E-state index contributed by atoms with van der Waals surface area (Å²) in [5.41, 5.74) is -2.83. The smallest absolute Gasteiger partial charge is 0.373 e. The van der Waals surface area contributed by atoms with Crippen LogP contribution in [0.3, 0.4) is 0 Å². The summed E-state index contributed by atoms with van der Waals surface area (Å²) < 4.78 is 42.3. The van der Waals surface area contributed by atoms with Gasteiger partial charge in [0.05, 0.1) is 11.4 Å². The van der Waals surface area contributed by atoms with Crippen LogP contribution in [0.25, 0.3) is 0 Å². The number of rotatable bonds is 2. The van der Waals surface area contributed by atoms with Gasteiger partial charge in [0.2, 0.25) is 0 Å². The van der Waals surface area contributed by atoms with E-state index in [1.54, 1.807) is 18.2 Å². The van der Waals surface area contributed by atoms with E-state index in [9.17, 15) is 13.2 Å². The van der Waals surface area contributed by atoms with E-state index in [2.05, 4.69) is 21.1 Å². The van der Waals surface area contributed by atoms with Crippen molar-refractivity contribution >= 4 is 67.5 Å². The first-order valence-electron chi connectivity index (χ1n) is 7.02. The molecule has 0 aromatic heterocycles. The summed E-state index contributed by atoms with van der Waals surface area (Å²) >= 11 is 22.0. The molecule has 10 heteroatoms. The number of nitrogens with zero attached hydrogens (tertiary/aromatic N) is 1. The molecule has 0 fully saturated rings. The Morgan fingerprint density at radius 1 is 1.08 bits per heavy atom. The van der Waals surface area contributed by atoms with Crippen LogP contribution in [0.1, 0.15) is 12.0 Å². The molecule has 0 saturated heterocycles. The van der Waals surface area contributed by atoms with Crippen molar-refractivity contribution in [2.24, 2.45) is 5.16 Å². The van der Waals surface area contributed by atoms with Gasteiger partial charge in [0.1, 0.15) is 5.04 Å². The maximum absolute atomic E-state index is 13.9. The first-order chi connectivity index (χ1) is 12.1. The van der Waals surface area contributed by atoms with E-state index in [-0.39, 0.29) is 20.7 Å². The summed E-state index contributed by atoms with van der Waals surface area (Å²) in [7, 11) is 0. The van der Waals surface area contributed by atoms with Crippen LogP contribution in [0.4, 0.5) is 13.2 Å². The second kappa shape index (κ2) is 7.43. The summed E-state index contributed by atoms with van der Waals surface area (Å²) in [4.78, 5) is 5.60. The summed E-state index contributed by atoms with van der Waals surface area (Å²) in [5.74, 6) is 0. The fourth-order valence-electron chi connectivity index (χ4n) is 2.39. The minimum atomic E-state index is -4.71. The zero-order valence-electron chi connectivity index (χ0n) is 12.6. The average molecular weight is 506 g/mol. The van der Waals surface area contributed by atoms with Crippen molar-refractivity contribution < 1.29 is 18.0 Å². The quantitative estimate of drug-likeness (QED) is 0.417. The Bertz CT molecular complexity index is 873. The Labute approximate surface area is 174 Å². The van der Waals surface area contributed by atoms with E-state index in [1.807, 2.05) is 0 Å². The molecule has 1 atom stereocenters. The summed E-state index contributed by atoms with van der Waals surface area (Å²) in [6, 6.07) is 8.74. The molecule has 0 radical (unpaired) electrons. The second-order valence-corrected chi connectivity index (χ2v) is 8.70. The lowest BCUT2D eigenvalue weighted by Gasteiger charge is -2.29. The number of alkyl halides is 3. The predicted octanol–water partition coefficient (Wildman–Crippen LogP) is 7.69. The van der Waals surface area contributed by atoms with E-state index in [1.165, 1.54) is 18.2 Å². The van der Waals surface area contributed by atoms with Crippen LogP contribution >= 0.6 is 62.5 Å². The number of oxime groups is 1. The monoisotopic (exact) mass is 503 g/mol. The second-order valence-electron chi connectivity index (χ2n) is 5.41. The van der Waals surface area contributed by atoms with Crippen LogP contribution < -0.4 is 0 Å². The summed E-state index contributed by atoms with van der Waals surface area (Å²) in [6.07, 6.45) is -5.20. The standard InChI is InChI=1S/C16H8BrCl3F3NOS/c17-12-6-11(1-2-13(12)20)26-14-7-15(25-24-14,16(21,22)23)8-3-9(18)5-10(19)4-8/h1-6H,7H2. The summed E-state index contributed by atoms with van der Waals surface area (Å²) in [6.45, 7) is 0. The lowest BCUT2D eigenvalue weighted by Crippen LogP contribution is -2.42.